The smallest absolute Gasteiger partial charge is 0.338 e. The molecule has 1 atom stereocenters. The number of carbonyl (C=O) groups is 1. The molecule has 2 aromatic rings. The van der Waals surface area contributed by atoms with E-state index in [0.29, 0.717) is 5.56 Å². The van der Waals surface area contributed by atoms with Crippen molar-refractivity contribution < 1.29 is 19.4 Å². The van der Waals surface area contributed by atoms with Crippen molar-refractivity contribution >= 4 is 11.7 Å². The number of ether oxygens (including phenoxy) is 1. The lowest BCUT2D eigenvalue weighted by atomic mass is 9.69. The van der Waals surface area contributed by atoms with Crippen LogP contribution >= 0.6 is 0 Å². The summed E-state index contributed by atoms with van der Waals surface area (Å²) >= 11 is 0. The summed E-state index contributed by atoms with van der Waals surface area (Å²) in [5, 5.41) is 10.9. The first-order valence-corrected chi connectivity index (χ1v) is 11.1. The number of quaternary nitrogens is 1. The topological polar surface area (TPSA) is 73.9 Å². The molecule has 0 aliphatic heterocycles. The Balaban J connectivity index is 1.87. The molecule has 1 fully saturated rings. The second-order valence-electron chi connectivity index (χ2n) is 9.26. The number of nitrogens with one attached hydrogen (secondary N) is 1. The molecule has 1 N–H and O–H groups in total. The quantitative estimate of drug-likeness (QED) is 0.389. The number of hydrogen-bond donors (Lipinski definition) is 1. The van der Waals surface area contributed by atoms with E-state index in [2.05, 4.69) is 20.2 Å². The number of nitro benzene ring substituents is 1. The first-order valence-electron chi connectivity index (χ1n) is 11.1. The van der Waals surface area contributed by atoms with Crippen LogP contribution in [0.2, 0.25) is 0 Å². The van der Waals surface area contributed by atoms with Crippen LogP contribution in [0.3, 0.4) is 0 Å². The molecule has 0 radical (unpaired) electrons. The minimum Gasteiger partial charge on any atom is -0.454 e. The third kappa shape index (κ3) is 6.14. The van der Waals surface area contributed by atoms with E-state index in [1.807, 2.05) is 25.1 Å². The molecule has 2 aromatic carbocycles. The zero-order chi connectivity index (χ0) is 22.4. The Morgan fingerprint density at radius 1 is 1.13 bits per heavy atom. The van der Waals surface area contributed by atoms with Gasteiger partial charge in [0.25, 0.3) is 5.69 Å². The van der Waals surface area contributed by atoms with Crippen molar-refractivity contribution in [2.24, 2.45) is 5.41 Å². The van der Waals surface area contributed by atoms with Crippen LogP contribution in [0.4, 0.5) is 5.69 Å². The molecule has 6 heteroatoms. The molecule has 0 bridgehead atoms. The number of benzene rings is 2. The third-order valence-electron chi connectivity index (χ3n) is 6.24. The highest BCUT2D eigenvalue weighted by Crippen LogP contribution is 2.43. The summed E-state index contributed by atoms with van der Waals surface area (Å²) in [4.78, 5) is 24.8. The van der Waals surface area contributed by atoms with Gasteiger partial charge < -0.3 is 9.64 Å². The number of rotatable bonds is 8. The van der Waals surface area contributed by atoms with Crippen molar-refractivity contribution in [1.82, 2.24) is 0 Å². The van der Waals surface area contributed by atoms with Crippen molar-refractivity contribution in [3.05, 3.63) is 75.3 Å². The van der Waals surface area contributed by atoms with Crippen molar-refractivity contribution in [3.8, 4) is 0 Å². The van der Waals surface area contributed by atoms with Gasteiger partial charge in [-0.25, -0.2) is 4.79 Å². The van der Waals surface area contributed by atoms with Gasteiger partial charge in [-0.15, -0.1) is 0 Å². The molecular formula is C25H33N2O4+. The summed E-state index contributed by atoms with van der Waals surface area (Å²) in [6.45, 7) is 3.09. The number of non-ortho nitro benzene ring substituents is 1. The Bertz CT molecular complexity index is 902. The molecule has 0 aromatic heterocycles. The van der Waals surface area contributed by atoms with Gasteiger partial charge in [0.1, 0.15) is 6.10 Å². The van der Waals surface area contributed by atoms with Crippen LogP contribution in [0.25, 0.3) is 0 Å². The van der Waals surface area contributed by atoms with E-state index in [1.165, 1.54) is 48.4 Å². The monoisotopic (exact) mass is 425 g/mol. The Morgan fingerprint density at radius 3 is 2.39 bits per heavy atom. The predicted octanol–water partition coefficient (Wildman–Crippen LogP) is 4.29. The molecule has 0 unspecified atom stereocenters. The van der Waals surface area contributed by atoms with Crippen LogP contribution in [-0.2, 0) is 4.74 Å². The second-order valence-corrected chi connectivity index (χ2v) is 9.26. The number of esters is 1. The maximum atomic E-state index is 13.0. The van der Waals surface area contributed by atoms with Crippen LogP contribution in [0.5, 0.6) is 0 Å². The summed E-state index contributed by atoms with van der Waals surface area (Å²) in [5.74, 6) is -0.440. The van der Waals surface area contributed by atoms with Crippen LogP contribution in [0.15, 0.2) is 48.5 Å². The Kier molecular flexibility index (Phi) is 7.44. The average molecular weight is 426 g/mol. The fraction of sp³-hybridized carbons (Fsp3) is 0.480. The third-order valence-corrected chi connectivity index (χ3v) is 6.24. The predicted molar refractivity (Wildman–Crippen MR) is 120 cm³/mol. The summed E-state index contributed by atoms with van der Waals surface area (Å²) in [6.07, 6.45) is 6.43. The molecule has 1 saturated carbocycles. The van der Waals surface area contributed by atoms with Gasteiger partial charge in [0.05, 0.1) is 31.1 Å². The minimum absolute atomic E-state index is 0.0399. The van der Waals surface area contributed by atoms with Crippen molar-refractivity contribution in [1.29, 1.82) is 0 Å². The van der Waals surface area contributed by atoms with E-state index in [1.54, 1.807) is 0 Å². The molecule has 0 saturated heterocycles. The molecule has 3 rings (SSSR count). The summed E-state index contributed by atoms with van der Waals surface area (Å²) < 4.78 is 6.07. The fourth-order valence-electron chi connectivity index (χ4n) is 4.91. The van der Waals surface area contributed by atoms with E-state index in [-0.39, 0.29) is 17.2 Å². The normalized spacial score (nSPS) is 16.6. The molecule has 166 valence electrons. The second kappa shape index (κ2) is 10.1. The van der Waals surface area contributed by atoms with Gasteiger partial charge in [0.2, 0.25) is 0 Å². The molecule has 1 aliphatic carbocycles. The highest BCUT2D eigenvalue weighted by Gasteiger charge is 2.38. The van der Waals surface area contributed by atoms with Gasteiger partial charge in [-0.2, -0.15) is 0 Å². The van der Waals surface area contributed by atoms with Crippen molar-refractivity contribution in [2.45, 2.75) is 51.6 Å². The number of aryl methyl sites for hydroxylation is 1. The highest BCUT2D eigenvalue weighted by atomic mass is 16.6. The molecule has 31 heavy (non-hydrogen) atoms. The van der Waals surface area contributed by atoms with Crippen LogP contribution in [0, 0.1) is 22.5 Å². The zero-order valence-electron chi connectivity index (χ0n) is 18.7. The number of nitro groups is 1. The van der Waals surface area contributed by atoms with E-state index in [9.17, 15) is 14.9 Å². The standard InChI is InChI=1S/C25H32N2O4/c1-19-8-7-9-21(16-19)23(17-25(18-26(2)3)14-5-4-6-15-25)31-24(28)20-10-12-22(13-11-20)27(29)30/h7-13,16,23H,4-6,14-15,17-18H2,1-3H3/p+1/t23-/m1/s1. The number of hydrogen-bond acceptors (Lipinski definition) is 4. The minimum atomic E-state index is -0.471. The lowest BCUT2D eigenvalue weighted by molar-refractivity contribution is -0.866. The SMILES string of the molecule is Cc1cccc([C@@H](CC2(C[NH+](C)C)CCCCC2)OC(=O)c2ccc([N+](=O)[O-])cc2)c1. The van der Waals surface area contributed by atoms with E-state index >= 15 is 0 Å². The molecular weight excluding hydrogens is 392 g/mol. The summed E-state index contributed by atoms with van der Waals surface area (Å²) in [6, 6.07) is 13.8. The van der Waals surface area contributed by atoms with E-state index in [4.69, 9.17) is 4.74 Å². The van der Waals surface area contributed by atoms with Crippen LogP contribution in [-0.4, -0.2) is 31.5 Å². The van der Waals surface area contributed by atoms with Gasteiger partial charge >= 0.3 is 5.97 Å². The molecule has 0 amide bonds. The van der Waals surface area contributed by atoms with Gasteiger partial charge in [-0.1, -0.05) is 49.1 Å². The van der Waals surface area contributed by atoms with Crippen molar-refractivity contribution in [3.63, 3.8) is 0 Å². The molecule has 0 spiro atoms. The first kappa shape index (κ1) is 22.9. The average Bonchev–Trinajstić information content (AvgIpc) is 2.73. The maximum Gasteiger partial charge on any atom is 0.338 e. The largest absolute Gasteiger partial charge is 0.454 e. The Labute approximate surface area is 184 Å². The van der Waals surface area contributed by atoms with E-state index < -0.39 is 10.9 Å². The summed E-state index contributed by atoms with van der Waals surface area (Å²) in [7, 11) is 4.36. The fourth-order valence-corrected chi connectivity index (χ4v) is 4.91. The number of nitrogens with zero attached hydrogens (tertiary/aromatic N) is 1. The van der Waals surface area contributed by atoms with Gasteiger partial charge in [-0.05, 0) is 43.9 Å². The first-order chi connectivity index (χ1) is 14.8. The highest BCUT2D eigenvalue weighted by molar-refractivity contribution is 5.89. The molecule has 0 heterocycles. The Hall–Kier alpha value is -2.73. The molecule has 6 nitrogen and oxygen atoms in total. The van der Waals surface area contributed by atoms with E-state index in [0.717, 1.165) is 36.9 Å². The van der Waals surface area contributed by atoms with Gasteiger partial charge in [0.15, 0.2) is 0 Å². The van der Waals surface area contributed by atoms with Crippen molar-refractivity contribution in [2.75, 3.05) is 20.6 Å². The van der Waals surface area contributed by atoms with Crippen LogP contribution in [0.1, 0.15) is 66.1 Å². The van der Waals surface area contributed by atoms with Crippen LogP contribution < -0.4 is 4.90 Å². The van der Waals surface area contributed by atoms with Gasteiger partial charge in [0, 0.05) is 17.5 Å². The lowest BCUT2D eigenvalue weighted by Crippen LogP contribution is -3.07. The molecule has 1 aliphatic rings. The van der Waals surface area contributed by atoms with Gasteiger partial charge in [-0.3, -0.25) is 10.1 Å². The number of carbonyl (C=O) groups excluding carboxylic acids is 1. The lowest BCUT2D eigenvalue weighted by Gasteiger charge is -2.39. The Morgan fingerprint density at radius 2 is 1.81 bits per heavy atom. The zero-order valence-corrected chi connectivity index (χ0v) is 18.7. The maximum absolute atomic E-state index is 13.0. The summed E-state index contributed by atoms with van der Waals surface area (Å²) in [5.41, 5.74) is 2.57.